The van der Waals surface area contributed by atoms with E-state index in [-0.39, 0.29) is 11.3 Å². The SMILES string of the molecule is Cc1ccc2oc(=O)c(-c3cc(-c4ccccc4)nc(SCc4ccccc4)n3)c(O)c2c1. The summed E-state index contributed by atoms with van der Waals surface area (Å²) in [5.74, 6) is 0.539. The van der Waals surface area contributed by atoms with Gasteiger partial charge in [-0.25, -0.2) is 14.8 Å². The van der Waals surface area contributed by atoms with Crippen molar-refractivity contribution in [3.63, 3.8) is 0 Å². The number of hydrogen-bond acceptors (Lipinski definition) is 6. The van der Waals surface area contributed by atoms with Crippen molar-refractivity contribution in [3.05, 3.63) is 106 Å². The van der Waals surface area contributed by atoms with Gasteiger partial charge >= 0.3 is 5.63 Å². The fourth-order valence-corrected chi connectivity index (χ4v) is 4.44. The van der Waals surface area contributed by atoms with E-state index in [0.29, 0.717) is 33.3 Å². The van der Waals surface area contributed by atoms with Crippen molar-refractivity contribution in [2.24, 2.45) is 0 Å². The third-order valence-corrected chi connectivity index (χ3v) is 6.19. The van der Waals surface area contributed by atoms with Gasteiger partial charge in [0.2, 0.25) is 0 Å². The summed E-state index contributed by atoms with van der Waals surface area (Å²) in [7, 11) is 0. The average Bonchev–Trinajstić information content (AvgIpc) is 2.84. The van der Waals surface area contributed by atoms with Gasteiger partial charge in [0.05, 0.1) is 16.8 Å². The van der Waals surface area contributed by atoms with Gasteiger partial charge in [0, 0.05) is 11.3 Å². The number of nitrogens with zero attached hydrogens (tertiary/aromatic N) is 2. The van der Waals surface area contributed by atoms with Crippen LogP contribution in [-0.4, -0.2) is 15.1 Å². The van der Waals surface area contributed by atoms with Gasteiger partial charge < -0.3 is 9.52 Å². The Hall–Kier alpha value is -3.90. The molecule has 0 atom stereocenters. The van der Waals surface area contributed by atoms with Crippen molar-refractivity contribution in [1.29, 1.82) is 0 Å². The number of fused-ring (bicyclic) bond motifs is 1. The summed E-state index contributed by atoms with van der Waals surface area (Å²) >= 11 is 1.47. The minimum atomic E-state index is -0.638. The molecule has 0 bridgehead atoms. The summed E-state index contributed by atoms with van der Waals surface area (Å²) in [5, 5.41) is 12.0. The van der Waals surface area contributed by atoms with Crippen LogP contribution in [0.3, 0.4) is 0 Å². The van der Waals surface area contributed by atoms with E-state index >= 15 is 0 Å². The molecule has 2 aromatic heterocycles. The van der Waals surface area contributed by atoms with E-state index in [0.717, 1.165) is 16.7 Å². The van der Waals surface area contributed by atoms with Crippen molar-refractivity contribution >= 4 is 22.7 Å². The molecule has 0 aliphatic carbocycles. The van der Waals surface area contributed by atoms with E-state index in [4.69, 9.17) is 9.40 Å². The summed E-state index contributed by atoms with van der Waals surface area (Å²) in [6, 6.07) is 26.8. The van der Waals surface area contributed by atoms with Crippen LogP contribution >= 0.6 is 11.8 Å². The topological polar surface area (TPSA) is 76.2 Å². The Labute approximate surface area is 194 Å². The first kappa shape index (κ1) is 21.0. The van der Waals surface area contributed by atoms with Gasteiger partial charge in [0.25, 0.3) is 0 Å². The van der Waals surface area contributed by atoms with Crippen molar-refractivity contribution in [3.8, 4) is 28.3 Å². The molecule has 0 saturated heterocycles. The van der Waals surface area contributed by atoms with Crippen LogP contribution in [-0.2, 0) is 5.75 Å². The van der Waals surface area contributed by atoms with Gasteiger partial charge in [-0.2, -0.15) is 0 Å². The molecular formula is C27H20N2O3S. The van der Waals surface area contributed by atoms with E-state index in [2.05, 4.69) is 4.98 Å². The smallest absolute Gasteiger partial charge is 0.349 e. The van der Waals surface area contributed by atoms with Crippen LogP contribution in [0.25, 0.3) is 33.5 Å². The molecule has 0 amide bonds. The van der Waals surface area contributed by atoms with Gasteiger partial charge in [-0.15, -0.1) is 0 Å². The maximum absolute atomic E-state index is 12.9. The molecule has 5 rings (SSSR count). The Morgan fingerprint density at radius 3 is 2.33 bits per heavy atom. The normalized spacial score (nSPS) is 11.1. The second-order valence-electron chi connectivity index (χ2n) is 7.67. The highest BCUT2D eigenvalue weighted by molar-refractivity contribution is 7.98. The number of aryl methyl sites for hydroxylation is 1. The summed E-state index contributed by atoms with van der Waals surface area (Å²) in [6.45, 7) is 1.92. The van der Waals surface area contributed by atoms with Crippen LogP contribution in [0, 0.1) is 6.92 Å². The highest BCUT2D eigenvalue weighted by atomic mass is 32.2. The van der Waals surface area contributed by atoms with Crippen LogP contribution in [0.1, 0.15) is 11.1 Å². The van der Waals surface area contributed by atoms with Crippen LogP contribution < -0.4 is 5.63 Å². The fraction of sp³-hybridized carbons (Fsp3) is 0.0741. The highest BCUT2D eigenvalue weighted by Gasteiger charge is 2.19. The predicted octanol–water partition coefficient (Wildman–Crippen LogP) is 6.22. The average molecular weight is 453 g/mol. The molecule has 0 unspecified atom stereocenters. The largest absolute Gasteiger partial charge is 0.506 e. The summed E-state index contributed by atoms with van der Waals surface area (Å²) in [5.41, 5.74) is 3.71. The van der Waals surface area contributed by atoms with Gasteiger partial charge in [-0.1, -0.05) is 84.1 Å². The summed E-state index contributed by atoms with van der Waals surface area (Å²) < 4.78 is 5.52. The van der Waals surface area contributed by atoms with E-state index in [1.807, 2.05) is 73.7 Å². The molecule has 0 spiro atoms. The van der Waals surface area contributed by atoms with Crippen LogP contribution in [0.5, 0.6) is 5.75 Å². The first-order chi connectivity index (χ1) is 16.1. The Bertz CT molecular complexity index is 1500. The van der Waals surface area contributed by atoms with Crippen molar-refractivity contribution in [1.82, 2.24) is 9.97 Å². The lowest BCUT2D eigenvalue weighted by Crippen LogP contribution is -2.06. The molecule has 33 heavy (non-hydrogen) atoms. The summed E-state index contributed by atoms with van der Waals surface area (Å²) in [6.07, 6.45) is 0. The number of benzene rings is 3. The maximum atomic E-state index is 12.9. The lowest BCUT2D eigenvalue weighted by Gasteiger charge is -2.10. The molecule has 5 nitrogen and oxygen atoms in total. The number of aromatic nitrogens is 2. The van der Waals surface area contributed by atoms with E-state index in [1.165, 1.54) is 11.8 Å². The van der Waals surface area contributed by atoms with Gasteiger partial charge in [0.1, 0.15) is 16.9 Å². The fourth-order valence-electron chi connectivity index (χ4n) is 3.62. The molecule has 5 aromatic rings. The monoisotopic (exact) mass is 452 g/mol. The highest BCUT2D eigenvalue weighted by Crippen LogP contribution is 2.35. The molecule has 162 valence electrons. The molecule has 0 radical (unpaired) electrons. The minimum Gasteiger partial charge on any atom is -0.506 e. The molecular weight excluding hydrogens is 432 g/mol. The molecule has 0 aliphatic heterocycles. The zero-order valence-corrected chi connectivity index (χ0v) is 18.7. The molecule has 2 heterocycles. The lowest BCUT2D eigenvalue weighted by molar-refractivity contribution is 0.470. The quantitative estimate of drug-likeness (QED) is 0.194. The summed E-state index contributed by atoms with van der Waals surface area (Å²) in [4.78, 5) is 22.2. The van der Waals surface area contributed by atoms with Crippen LogP contribution in [0.15, 0.2) is 99.3 Å². The van der Waals surface area contributed by atoms with Gasteiger partial charge in [-0.05, 0) is 30.7 Å². The van der Waals surface area contributed by atoms with Gasteiger partial charge in [-0.3, -0.25) is 0 Å². The zero-order valence-electron chi connectivity index (χ0n) is 17.9. The van der Waals surface area contributed by atoms with E-state index in [9.17, 15) is 9.90 Å². The van der Waals surface area contributed by atoms with Gasteiger partial charge in [0.15, 0.2) is 5.16 Å². The minimum absolute atomic E-state index is 0.0363. The molecule has 0 fully saturated rings. The Balaban J connectivity index is 1.66. The standard InChI is InChI=1S/C27H20N2O3S/c1-17-12-13-23-20(14-17)25(30)24(26(31)32-23)22-15-21(19-10-6-3-7-11-19)28-27(29-22)33-16-18-8-4-2-5-9-18/h2-15,30H,16H2,1H3. The predicted molar refractivity (Wildman–Crippen MR) is 131 cm³/mol. The maximum Gasteiger partial charge on any atom is 0.349 e. The Morgan fingerprint density at radius 1 is 0.879 bits per heavy atom. The van der Waals surface area contributed by atoms with E-state index < -0.39 is 5.63 Å². The van der Waals surface area contributed by atoms with Crippen molar-refractivity contribution < 1.29 is 9.52 Å². The number of aromatic hydroxyl groups is 1. The number of hydrogen-bond donors (Lipinski definition) is 1. The Morgan fingerprint density at radius 2 is 1.58 bits per heavy atom. The zero-order chi connectivity index (χ0) is 22.8. The van der Waals surface area contributed by atoms with Crippen molar-refractivity contribution in [2.75, 3.05) is 0 Å². The second-order valence-corrected chi connectivity index (χ2v) is 8.62. The third-order valence-electron chi connectivity index (χ3n) is 5.28. The molecule has 1 N–H and O–H groups in total. The van der Waals surface area contributed by atoms with Crippen LogP contribution in [0.2, 0.25) is 0 Å². The van der Waals surface area contributed by atoms with Crippen LogP contribution in [0.4, 0.5) is 0 Å². The number of rotatable bonds is 5. The second kappa shape index (κ2) is 8.92. The molecule has 6 heteroatoms. The number of thioether (sulfide) groups is 1. The molecule has 3 aromatic carbocycles. The Kier molecular flexibility index (Phi) is 5.67. The third kappa shape index (κ3) is 4.38. The van der Waals surface area contributed by atoms with Crippen molar-refractivity contribution in [2.45, 2.75) is 17.8 Å². The first-order valence-electron chi connectivity index (χ1n) is 10.5. The first-order valence-corrected chi connectivity index (χ1v) is 11.4. The molecule has 0 saturated carbocycles. The van der Waals surface area contributed by atoms with E-state index in [1.54, 1.807) is 18.2 Å². The lowest BCUT2D eigenvalue weighted by atomic mass is 10.1. The molecule has 0 aliphatic rings.